The summed E-state index contributed by atoms with van der Waals surface area (Å²) in [7, 11) is 1.32. The van der Waals surface area contributed by atoms with E-state index in [1.807, 2.05) is 60.8 Å². The molecule has 0 saturated heterocycles. The Kier molecular flexibility index (Phi) is 5.41. The molecule has 2 N–H and O–H groups in total. The largest absolute Gasteiger partial charge is 0.466 e. The quantitative estimate of drug-likeness (QED) is 0.566. The second-order valence-corrected chi connectivity index (χ2v) is 7.70. The number of carbonyl (C=O) groups is 2. The molecule has 3 aromatic rings. The van der Waals surface area contributed by atoms with Gasteiger partial charge in [-0.2, -0.15) is 5.10 Å². The highest BCUT2D eigenvalue weighted by molar-refractivity contribution is 9.10. The Bertz CT molecular complexity index is 1140. The average molecular weight is 467 g/mol. The summed E-state index contributed by atoms with van der Waals surface area (Å²) in [6.07, 6.45) is 1.83. The van der Waals surface area contributed by atoms with Crippen molar-refractivity contribution in [2.24, 2.45) is 0 Å². The maximum absolute atomic E-state index is 12.5. The highest BCUT2D eigenvalue weighted by Crippen LogP contribution is 2.35. The summed E-state index contributed by atoms with van der Waals surface area (Å²) in [4.78, 5) is 24.8. The van der Waals surface area contributed by atoms with Crippen molar-refractivity contribution in [1.29, 1.82) is 0 Å². The number of hydrogen-bond donors (Lipinski definition) is 2. The Morgan fingerprint density at radius 2 is 1.83 bits per heavy atom. The average Bonchev–Trinajstić information content (AvgIpc) is 3.19. The summed E-state index contributed by atoms with van der Waals surface area (Å²) in [6.45, 7) is 1.68. The summed E-state index contributed by atoms with van der Waals surface area (Å²) in [5.74, 6) is -0.515. The van der Waals surface area contributed by atoms with Crippen LogP contribution >= 0.6 is 15.9 Å². The van der Waals surface area contributed by atoms with Crippen molar-refractivity contribution in [3.8, 4) is 16.9 Å². The second-order valence-electron chi connectivity index (χ2n) is 6.78. The molecule has 1 aromatic heterocycles. The predicted molar refractivity (Wildman–Crippen MR) is 116 cm³/mol. The molecule has 2 heterocycles. The first-order chi connectivity index (χ1) is 14.5. The SMILES string of the molecule is COC(=O)C1=C(C)NC(=O)N[C@@H]1c1cn(-c2ccccc2)nc1-c1ccc(Br)cc1. The molecule has 2 aromatic carbocycles. The lowest BCUT2D eigenvalue weighted by molar-refractivity contribution is -0.136. The minimum Gasteiger partial charge on any atom is -0.466 e. The van der Waals surface area contributed by atoms with E-state index in [0.29, 0.717) is 22.5 Å². The van der Waals surface area contributed by atoms with Crippen molar-refractivity contribution in [3.63, 3.8) is 0 Å². The zero-order valence-electron chi connectivity index (χ0n) is 16.3. The summed E-state index contributed by atoms with van der Waals surface area (Å²) in [5, 5.41) is 10.3. The van der Waals surface area contributed by atoms with Gasteiger partial charge in [0.2, 0.25) is 0 Å². The molecule has 2 amide bonds. The van der Waals surface area contributed by atoms with Crippen LogP contribution in [0.4, 0.5) is 4.79 Å². The van der Waals surface area contributed by atoms with Crippen molar-refractivity contribution in [1.82, 2.24) is 20.4 Å². The number of para-hydroxylation sites is 1. The number of amides is 2. The minimum atomic E-state index is -0.706. The Hall–Kier alpha value is -3.39. The van der Waals surface area contributed by atoms with E-state index in [2.05, 4.69) is 26.6 Å². The molecule has 1 atom stereocenters. The van der Waals surface area contributed by atoms with Crippen LogP contribution in [0.15, 0.2) is 76.5 Å². The number of nitrogens with zero attached hydrogens (tertiary/aromatic N) is 2. The number of allylic oxidation sites excluding steroid dienone is 1. The fourth-order valence-electron chi connectivity index (χ4n) is 3.45. The monoisotopic (exact) mass is 466 g/mol. The normalized spacial score (nSPS) is 16.1. The van der Waals surface area contributed by atoms with Gasteiger partial charge in [0.05, 0.1) is 30.1 Å². The van der Waals surface area contributed by atoms with Crippen molar-refractivity contribution in [3.05, 3.63) is 82.1 Å². The molecule has 8 heteroatoms. The van der Waals surface area contributed by atoms with E-state index in [4.69, 9.17) is 9.84 Å². The molecule has 0 aliphatic carbocycles. The molecule has 0 unspecified atom stereocenters. The molecule has 152 valence electrons. The topological polar surface area (TPSA) is 85.2 Å². The number of benzene rings is 2. The fourth-order valence-corrected chi connectivity index (χ4v) is 3.72. The van der Waals surface area contributed by atoms with Gasteiger partial charge in [0.25, 0.3) is 0 Å². The Labute approximate surface area is 181 Å². The second kappa shape index (κ2) is 8.16. The molecule has 0 fully saturated rings. The highest BCUT2D eigenvalue weighted by atomic mass is 79.9. The summed E-state index contributed by atoms with van der Waals surface area (Å²) in [5.41, 5.74) is 3.86. The number of hydrogen-bond acceptors (Lipinski definition) is 4. The number of esters is 1. The predicted octanol–water partition coefficient (Wildman–Crippen LogP) is 4.10. The first kappa shape index (κ1) is 19.9. The van der Waals surface area contributed by atoms with Crippen LogP contribution in [-0.2, 0) is 9.53 Å². The van der Waals surface area contributed by atoms with Gasteiger partial charge in [0, 0.05) is 27.5 Å². The number of methoxy groups -OCH3 is 1. The standard InChI is InChI=1S/C22H19BrN4O3/c1-13-18(21(28)30-2)20(25-22(29)24-13)17-12-27(16-6-4-3-5-7-16)26-19(17)14-8-10-15(23)11-9-14/h3-12,20H,1-2H3,(H2,24,25,29)/t20-/m1/s1. The molecular formula is C22H19BrN4O3. The van der Waals surface area contributed by atoms with Gasteiger partial charge < -0.3 is 15.4 Å². The van der Waals surface area contributed by atoms with E-state index in [9.17, 15) is 9.59 Å². The van der Waals surface area contributed by atoms with Gasteiger partial charge in [-0.3, -0.25) is 0 Å². The smallest absolute Gasteiger partial charge is 0.337 e. The Morgan fingerprint density at radius 3 is 2.50 bits per heavy atom. The van der Waals surface area contributed by atoms with E-state index < -0.39 is 12.0 Å². The number of urea groups is 1. The first-order valence-electron chi connectivity index (χ1n) is 9.25. The van der Waals surface area contributed by atoms with Crippen molar-refractivity contribution in [2.45, 2.75) is 13.0 Å². The van der Waals surface area contributed by atoms with Gasteiger partial charge in [0.1, 0.15) is 0 Å². The van der Waals surface area contributed by atoms with Crippen LogP contribution in [0.5, 0.6) is 0 Å². The van der Waals surface area contributed by atoms with Gasteiger partial charge in [0.15, 0.2) is 0 Å². The molecule has 30 heavy (non-hydrogen) atoms. The van der Waals surface area contributed by atoms with E-state index in [1.165, 1.54) is 7.11 Å². The molecule has 7 nitrogen and oxygen atoms in total. The summed E-state index contributed by atoms with van der Waals surface area (Å²) >= 11 is 3.45. The molecule has 0 bridgehead atoms. The molecule has 1 aliphatic rings. The van der Waals surface area contributed by atoms with Crippen molar-refractivity contribution in [2.75, 3.05) is 7.11 Å². The van der Waals surface area contributed by atoms with Gasteiger partial charge >= 0.3 is 12.0 Å². The number of ether oxygens (including phenoxy) is 1. The fraction of sp³-hybridized carbons (Fsp3) is 0.136. The van der Waals surface area contributed by atoms with Crippen LogP contribution in [0.3, 0.4) is 0 Å². The van der Waals surface area contributed by atoms with Gasteiger partial charge in [-0.1, -0.05) is 46.3 Å². The summed E-state index contributed by atoms with van der Waals surface area (Å²) in [6, 6.07) is 16.3. The number of carbonyl (C=O) groups excluding carboxylic acids is 2. The maximum Gasteiger partial charge on any atom is 0.337 e. The van der Waals surface area contributed by atoms with E-state index in [-0.39, 0.29) is 6.03 Å². The third-order valence-corrected chi connectivity index (χ3v) is 5.40. The molecule has 1 aliphatic heterocycles. The highest BCUT2D eigenvalue weighted by Gasteiger charge is 2.35. The molecular weight excluding hydrogens is 448 g/mol. The third kappa shape index (κ3) is 3.73. The number of nitrogens with one attached hydrogen (secondary N) is 2. The van der Waals surface area contributed by atoms with Gasteiger partial charge in [-0.05, 0) is 31.2 Å². The summed E-state index contributed by atoms with van der Waals surface area (Å²) < 4.78 is 7.66. The molecule has 0 spiro atoms. The minimum absolute atomic E-state index is 0.336. The maximum atomic E-state index is 12.5. The zero-order valence-corrected chi connectivity index (χ0v) is 17.9. The van der Waals surface area contributed by atoms with Crippen molar-refractivity contribution < 1.29 is 14.3 Å². The van der Waals surface area contributed by atoms with E-state index in [1.54, 1.807) is 11.6 Å². The number of halogens is 1. The van der Waals surface area contributed by atoms with Crippen LogP contribution in [0.25, 0.3) is 16.9 Å². The van der Waals surface area contributed by atoms with Gasteiger partial charge in [-0.25, -0.2) is 14.3 Å². The zero-order chi connectivity index (χ0) is 21.3. The third-order valence-electron chi connectivity index (χ3n) is 4.87. The molecule has 0 radical (unpaired) electrons. The Morgan fingerprint density at radius 1 is 1.13 bits per heavy atom. The lowest BCUT2D eigenvalue weighted by Crippen LogP contribution is -2.45. The van der Waals surface area contributed by atoms with Crippen LogP contribution in [-0.4, -0.2) is 28.9 Å². The van der Waals surface area contributed by atoms with Crippen LogP contribution in [0, 0.1) is 0 Å². The van der Waals surface area contributed by atoms with Gasteiger partial charge in [-0.15, -0.1) is 0 Å². The van der Waals surface area contributed by atoms with Crippen LogP contribution in [0.2, 0.25) is 0 Å². The number of aromatic nitrogens is 2. The van der Waals surface area contributed by atoms with Crippen molar-refractivity contribution >= 4 is 27.9 Å². The van der Waals surface area contributed by atoms with Crippen LogP contribution < -0.4 is 10.6 Å². The van der Waals surface area contributed by atoms with E-state index in [0.717, 1.165) is 15.7 Å². The molecule has 0 saturated carbocycles. The van der Waals surface area contributed by atoms with E-state index >= 15 is 0 Å². The molecule has 4 rings (SSSR count). The van der Waals surface area contributed by atoms with Crippen LogP contribution in [0.1, 0.15) is 18.5 Å². The first-order valence-corrected chi connectivity index (χ1v) is 10.0. The Balaban J connectivity index is 1.92. The number of rotatable bonds is 4. The lowest BCUT2D eigenvalue weighted by atomic mass is 9.94. The lowest BCUT2D eigenvalue weighted by Gasteiger charge is -2.27.